The van der Waals surface area contributed by atoms with Gasteiger partial charge >= 0.3 is 0 Å². The van der Waals surface area contributed by atoms with Crippen LogP contribution in [0.2, 0.25) is 0 Å². The molecule has 1 aromatic carbocycles. The predicted molar refractivity (Wildman–Crippen MR) is 102 cm³/mol. The minimum Gasteiger partial charge on any atom is -0.508 e. The normalized spacial score (nSPS) is 21.2. The fourth-order valence-electron chi connectivity index (χ4n) is 3.40. The van der Waals surface area contributed by atoms with E-state index in [2.05, 4.69) is 10.2 Å². The summed E-state index contributed by atoms with van der Waals surface area (Å²) in [6.07, 6.45) is 3.07. The maximum atomic E-state index is 12.6. The highest BCUT2D eigenvalue weighted by Crippen LogP contribution is 2.23. The summed E-state index contributed by atoms with van der Waals surface area (Å²) in [5.41, 5.74) is 1.03. The number of hydrogen-bond donors (Lipinski definition) is 2. The van der Waals surface area contributed by atoms with Gasteiger partial charge < -0.3 is 20.2 Å². The molecule has 24 heavy (non-hydrogen) atoms. The van der Waals surface area contributed by atoms with Crippen LogP contribution in [0.15, 0.2) is 24.3 Å². The van der Waals surface area contributed by atoms with Gasteiger partial charge in [-0.1, -0.05) is 6.07 Å². The number of nitrogens with one attached hydrogen (secondary N) is 1. The average Bonchev–Trinajstić information content (AvgIpc) is 2.84. The second kappa shape index (κ2) is 9.97. The Hall–Kier alpha value is -1.17. The first-order valence-electron chi connectivity index (χ1n) is 8.27. The molecular formula is C17H27Cl2N3O2. The summed E-state index contributed by atoms with van der Waals surface area (Å²) in [4.78, 5) is 16.9. The molecule has 2 aliphatic rings. The molecule has 1 amide bonds. The highest BCUT2D eigenvalue weighted by atomic mass is 35.5. The van der Waals surface area contributed by atoms with Gasteiger partial charge in [-0.3, -0.25) is 4.79 Å². The van der Waals surface area contributed by atoms with Crippen LogP contribution in [0.3, 0.4) is 0 Å². The molecule has 5 nitrogen and oxygen atoms in total. The summed E-state index contributed by atoms with van der Waals surface area (Å²) in [7, 11) is 0. The first kappa shape index (κ1) is 20.9. The summed E-state index contributed by atoms with van der Waals surface area (Å²) in [5.74, 6) is 0.823. The first-order valence-corrected chi connectivity index (χ1v) is 8.27. The lowest BCUT2D eigenvalue weighted by Crippen LogP contribution is -2.50. The van der Waals surface area contributed by atoms with E-state index in [1.165, 1.54) is 0 Å². The van der Waals surface area contributed by atoms with E-state index in [0.29, 0.717) is 11.7 Å². The molecule has 2 heterocycles. The molecule has 0 aliphatic carbocycles. The van der Waals surface area contributed by atoms with Crippen molar-refractivity contribution in [3.63, 3.8) is 0 Å². The summed E-state index contributed by atoms with van der Waals surface area (Å²) in [6, 6.07) is 7.34. The van der Waals surface area contributed by atoms with Gasteiger partial charge in [0.2, 0.25) is 5.91 Å². The molecule has 0 spiro atoms. The Morgan fingerprint density at radius 2 is 1.83 bits per heavy atom. The van der Waals surface area contributed by atoms with Gasteiger partial charge in [-0.25, -0.2) is 0 Å². The second-order valence-corrected chi connectivity index (χ2v) is 6.21. The van der Waals surface area contributed by atoms with Crippen LogP contribution >= 0.6 is 24.8 Å². The third-order valence-corrected chi connectivity index (χ3v) is 4.71. The lowest BCUT2D eigenvalue weighted by Gasteiger charge is -2.37. The predicted octanol–water partition coefficient (Wildman–Crippen LogP) is 2.27. The van der Waals surface area contributed by atoms with Crippen molar-refractivity contribution >= 4 is 36.4 Å². The molecule has 2 aliphatic heterocycles. The Labute approximate surface area is 156 Å². The molecule has 0 saturated carbocycles. The Bertz CT molecular complexity index is 514. The number of benzene rings is 1. The standard InChI is InChI=1S/C17H25N3O2.2ClH/c21-16-5-1-4-15(13-16)19-9-11-20(12-10-19)17(22)14-3-2-7-18-8-6-14;;/h1,4-5,13-14,18,21H,2-3,6-12H2;2*1H. The number of anilines is 1. The molecule has 2 fully saturated rings. The second-order valence-electron chi connectivity index (χ2n) is 6.21. The van der Waals surface area contributed by atoms with Gasteiger partial charge in [-0.05, 0) is 44.5 Å². The van der Waals surface area contributed by atoms with Crippen molar-refractivity contribution in [2.75, 3.05) is 44.2 Å². The molecule has 1 unspecified atom stereocenters. The zero-order valence-electron chi connectivity index (χ0n) is 13.8. The first-order chi connectivity index (χ1) is 10.7. The van der Waals surface area contributed by atoms with Crippen LogP contribution in [0.25, 0.3) is 0 Å². The van der Waals surface area contributed by atoms with Gasteiger partial charge in [0, 0.05) is 43.9 Å². The fourth-order valence-corrected chi connectivity index (χ4v) is 3.40. The van der Waals surface area contributed by atoms with Crippen LogP contribution in [0.1, 0.15) is 19.3 Å². The SMILES string of the molecule is Cl.Cl.O=C(C1CCCNCC1)N1CCN(c2cccc(O)c2)CC1. The number of rotatable bonds is 2. The lowest BCUT2D eigenvalue weighted by atomic mass is 9.98. The number of aromatic hydroxyl groups is 1. The van der Waals surface area contributed by atoms with E-state index in [4.69, 9.17) is 0 Å². The molecule has 2 N–H and O–H groups in total. The summed E-state index contributed by atoms with van der Waals surface area (Å²) >= 11 is 0. The quantitative estimate of drug-likeness (QED) is 0.832. The molecule has 2 saturated heterocycles. The van der Waals surface area contributed by atoms with Crippen molar-refractivity contribution in [1.82, 2.24) is 10.2 Å². The summed E-state index contributed by atoms with van der Waals surface area (Å²) in [6.45, 7) is 5.21. The molecular weight excluding hydrogens is 349 g/mol. The van der Waals surface area contributed by atoms with Crippen LogP contribution in [0.4, 0.5) is 5.69 Å². The zero-order chi connectivity index (χ0) is 15.4. The lowest BCUT2D eigenvalue weighted by molar-refractivity contribution is -0.136. The van der Waals surface area contributed by atoms with E-state index in [1.54, 1.807) is 12.1 Å². The minimum absolute atomic E-state index is 0. The molecule has 0 bridgehead atoms. The Morgan fingerprint density at radius 1 is 1.08 bits per heavy atom. The topological polar surface area (TPSA) is 55.8 Å². The van der Waals surface area contributed by atoms with Crippen LogP contribution < -0.4 is 10.2 Å². The minimum atomic E-state index is 0. The smallest absolute Gasteiger partial charge is 0.225 e. The third-order valence-electron chi connectivity index (χ3n) is 4.71. The maximum Gasteiger partial charge on any atom is 0.225 e. The van der Waals surface area contributed by atoms with E-state index < -0.39 is 0 Å². The number of carbonyl (C=O) groups excluding carboxylic acids is 1. The van der Waals surface area contributed by atoms with Gasteiger partial charge in [0.15, 0.2) is 0 Å². The van der Waals surface area contributed by atoms with Crippen molar-refractivity contribution < 1.29 is 9.90 Å². The molecule has 136 valence electrons. The molecule has 3 rings (SSSR count). The van der Waals surface area contributed by atoms with E-state index in [0.717, 1.165) is 64.2 Å². The van der Waals surface area contributed by atoms with Gasteiger partial charge in [-0.15, -0.1) is 24.8 Å². The molecule has 0 aromatic heterocycles. The third kappa shape index (κ3) is 5.16. The Morgan fingerprint density at radius 3 is 2.54 bits per heavy atom. The summed E-state index contributed by atoms with van der Waals surface area (Å²) in [5, 5.41) is 12.9. The van der Waals surface area contributed by atoms with Gasteiger partial charge in [0.05, 0.1) is 0 Å². The number of carbonyl (C=O) groups is 1. The van der Waals surface area contributed by atoms with E-state index in [1.807, 2.05) is 17.0 Å². The average molecular weight is 376 g/mol. The van der Waals surface area contributed by atoms with E-state index >= 15 is 0 Å². The van der Waals surface area contributed by atoms with Crippen LogP contribution in [-0.2, 0) is 4.79 Å². The number of piperazine rings is 1. The van der Waals surface area contributed by atoms with Crippen LogP contribution in [-0.4, -0.2) is 55.2 Å². The number of amides is 1. The van der Waals surface area contributed by atoms with Crippen molar-refractivity contribution in [1.29, 1.82) is 0 Å². The summed E-state index contributed by atoms with van der Waals surface area (Å²) < 4.78 is 0. The number of phenolic OH excluding ortho intramolecular Hbond substituents is 1. The monoisotopic (exact) mass is 375 g/mol. The van der Waals surface area contributed by atoms with Crippen molar-refractivity contribution in [2.24, 2.45) is 5.92 Å². The maximum absolute atomic E-state index is 12.6. The fraction of sp³-hybridized carbons (Fsp3) is 0.588. The van der Waals surface area contributed by atoms with Crippen molar-refractivity contribution in [3.8, 4) is 5.75 Å². The van der Waals surface area contributed by atoms with Gasteiger partial charge in [-0.2, -0.15) is 0 Å². The zero-order valence-corrected chi connectivity index (χ0v) is 15.5. The number of nitrogens with zero attached hydrogens (tertiary/aromatic N) is 2. The molecule has 1 aromatic rings. The molecule has 1 atom stereocenters. The highest BCUT2D eigenvalue weighted by molar-refractivity contribution is 5.85. The van der Waals surface area contributed by atoms with Gasteiger partial charge in [0.1, 0.15) is 5.75 Å². The van der Waals surface area contributed by atoms with Crippen molar-refractivity contribution in [2.45, 2.75) is 19.3 Å². The van der Waals surface area contributed by atoms with Gasteiger partial charge in [0.25, 0.3) is 0 Å². The highest BCUT2D eigenvalue weighted by Gasteiger charge is 2.27. The number of hydrogen-bond acceptors (Lipinski definition) is 4. The Balaban J connectivity index is 0.00000144. The number of phenols is 1. The largest absolute Gasteiger partial charge is 0.508 e. The van der Waals surface area contributed by atoms with Crippen LogP contribution in [0.5, 0.6) is 5.75 Å². The number of halogens is 2. The molecule has 7 heteroatoms. The van der Waals surface area contributed by atoms with E-state index in [9.17, 15) is 9.90 Å². The Kier molecular flexibility index (Phi) is 8.67. The van der Waals surface area contributed by atoms with Crippen LogP contribution in [0, 0.1) is 5.92 Å². The van der Waals surface area contributed by atoms with Crippen molar-refractivity contribution in [3.05, 3.63) is 24.3 Å². The molecule has 0 radical (unpaired) electrons. The van der Waals surface area contributed by atoms with E-state index in [-0.39, 0.29) is 30.7 Å².